The predicted octanol–water partition coefficient (Wildman–Crippen LogP) is 3.78. The zero-order valence-electron chi connectivity index (χ0n) is 13.9. The number of amides is 2. The van der Waals surface area contributed by atoms with Crippen molar-refractivity contribution in [3.8, 4) is 0 Å². The van der Waals surface area contributed by atoms with Gasteiger partial charge in [-0.3, -0.25) is 14.9 Å². The molecule has 2 amide bonds. The first kappa shape index (κ1) is 17.0. The van der Waals surface area contributed by atoms with E-state index in [0.29, 0.717) is 23.4 Å². The number of thiazole rings is 1. The average molecular weight is 387 g/mol. The van der Waals surface area contributed by atoms with Gasteiger partial charge in [0.05, 0.1) is 18.4 Å². The van der Waals surface area contributed by atoms with E-state index in [1.54, 1.807) is 23.5 Å². The normalized spacial score (nSPS) is 13.5. The smallest absolute Gasteiger partial charge is 0.293 e. The molecule has 3 aromatic rings. The van der Waals surface area contributed by atoms with E-state index in [-0.39, 0.29) is 24.0 Å². The maximum Gasteiger partial charge on any atom is 0.293 e. The molecule has 1 aliphatic rings. The summed E-state index contributed by atoms with van der Waals surface area (Å²) in [5.41, 5.74) is 1.84. The quantitative estimate of drug-likeness (QED) is 0.669. The summed E-state index contributed by atoms with van der Waals surface area (Å²) in [7, 11) is 0. The van der Waals surface area contributed by atoms with Crippen LogP contribution in [0.2, 0.25) is 0 Å². The first-order valence-corrected chi connectivity index (χ1v) is 10.1. The van der Waals surface area contributed by atoms with E-state index in [2.05, 4.69) is 21.7 Å². The topological polar surface area (TPSA) is 75.4 Å². The molecule has 4 rings (SSSR count). The van der Waals surface area contributed by atoms with Crippen molar-refractivity contribution in [1.29, 1.82) is 0 Å². The number of hydrogen-bond acceptors (Lipinski definition) is 6. The molecule has 0 spiro atoms. The number of furan rings is 1. The molecule has 3 heterocycles. The molecule has 0 aliphatic heterocycles. The molecule has 1 fully saturated rings. The summed E-state index contributed by atoms with van der Waals surface area (Å²) in [6.07, 6.45) is 3.82. The third-order valence-corrected chi connectivity index (χ3v) is 5.63. The van der Waals surface area contributed by atoms with E-state index in [4.69, 9.17) is 4.42 Å². The van der Waals surface area contributed by atoms with Crippen molar-refractivity contribution < 1.29 is 14.0 Å². The maximum absolute atomic E-state index is 12.7. The molecule has 134 valence electrons. The summed E-state index contributed by atoms with van der Waals surface area (Å²) in [5, 5.41) is 9.07. The predicted molar refractivity (Wildman–Crippen MR) is 100 cm³/mol. The number of hydrogen-bond donors (Lipinski definition) is 1. The van der Waals surface area contributed by atoms with Gasteiger partial charge >= 0.3 is 0 Å². The third kappa shape index (κ3) is 4.03. The van der Waals surface area contributed by atoms with Gasteiger partial charge in [0, 0.05) is 18.0 Å². The second kappa shape index (κ2) is 7.43. The van der Waals surface area contributed by atoms with E-state index >= 15 is 0 Å². The fraction of sp³-hybridized carbons (Fsp3) is 0.278. The molecule has 0 radical (unpaired) electrons. The van der Waals surface area contributed by atoms with Crippen molar-refractivity contribution in [2.45, 2.75) is 31.8 Å². The van der Waals surface area contributed by atoms with E-state index in [9.17, 15) is 9.59 Å². The van der Waals surface area contributed by atoms with Crippen LogP contribution < -0.4 is 5.32 Å². The lowest BCUT2D eigenvalue weighted by atomic mass is 10.2. The van der Waals surface area contributed by atoms with Crippen molar-refractivity contribution in [3.05, 3.63) is 57.6 Å². The average Bonchev–Trinajstić information content (AvgIpc) is 3.07. The Morgan fingerprint density at radius 3 is 2.88 bits per heavy atom. The standard InChI is InChI=1S/C18H17N3O3S2/c22-16(21(14-3-4-14)9-12-5-7-25-10-12)8-13-11-26-18(19-13)20-17(23)15-2-1-6-24-15/h1-2,5-7,10-11,14H,3-4,8-9H2,(H,19,20,23). The number of aromatic nitrogens is 1. The molecule has 0 aromatic carbocycles. The largest absolute Gasteiger partial charge is 0.459 e. The number of nitrogens with zero attached hydrogens (tertiary/aromatic N) is 2. The molecule has 8 heteroatoms. The Bertz CT molecular complexity index is 883. The first-order chi connectivity index (χ1) is 12.7. The van der Waals surface area contributed by atoms with Crippen LogP contribution in [0.4, 0.5) is 5.13 Å². The maximum atomic E-state index is 12.7. The summed E-state index contributed by atoms with van der Waals surface area (Å²) in [6, 6.07) is 5.64. The van der Waals surface area contributed by atoms with Gasteiger partial charge in [0.1, 0.15) is 0 Å². The Morgan fingerprint density at radius 2 is 2.19 bits per heavy atom. The van der Waals surface area contributed by atoms with Crippen LogP contribution in [-0.4, -0.2) is 27.7 Å². The lowest BCUT2D eigenvalue weighted by molar-refractivity contribution is -0.131. The van der Waals surface area contributed by atoms with Crippen LogP contribution in [0.5, 0.6) is 0 Å². The van der Waals surface area contributed by atoms with Crippen molar-refractivity contribution in [2.75, 3.05) is 5.32 Å². The van der Waals surface area contributed by atoms with E-state index in [0.717, 1.165) is 12.8 Å². The van der Waals surface area contributed by atoms with Crippen LogP contribution in [0.25, 0.3) is 0 Å². The number of carbonyl (C=O) groups is 2. The minimum Gasteiger partial charge on any atom is -0.459 e. The molecule has 1 saturated carbocycles. The van der Waals surface area contributed by atoms with Crippen LogP contribution in [0, 0.1) is 0 Å². The van der Waals surface area contributed by atoms with Gasteiger partial charge in [-0.15, -0.1) is 11.3 Å². The fourth-order valence-corrected chi connectivity index (χ4v) is 4.02. The lowest BCUT2D eigenvalue weighted by Crippen LogP contribution is -2.33. The molecule has 0 unspecified atom stereocenters. The minimum absolute atomic E-state index is 0.0768. The van der Waals surface area contributed by atoms with Gasteiger partial charge in [-0.25, -0.2) is 4.98 Å². The highest BCUT2D eigenvalue weighted by Gasteiger charge is 2.32. The fourth-order valence-electron chi connectivity index (χ4n) is 2.65. The van der Waals surface area contributed by atoms with E-state index in [1.807, 2.05) is 15.7 Å². The van der Waals surface area contributed by atoms with Gasteiger partial charge in [0.15, 0.2) is 10.9 Å². The van der Waals surface area contributed by atoms with Gasteiger partial charge in [-0.2, -0.15) is 11.3 Å². The molecule has 0 saturated heterocycles. The van der Waals surface area contributed by atoms with Crippen LogP contribution in [-0.2, 0) is 17.8 Å². The molecule has 6 nitrogen and oxygen atoms in total. The highest BCUT2D eigenvalue weighted by atomic mass is 32.1. The highest BCUT2D eigenvalue weighted by Crippen LogP contribution is 2.29. The Morgan fingerprint density at radius 1 is 1.31 bits per heavy atom. The summed E-state index contributed by atoms with van der Waals surface area (Å²) in [5.74, 6) is -0.0410. The molecule has 3 aromatic heterocycles. The van der Waals surface area contributed by atoms with Crippen LogP contribution in [0.15, 0.2) is 45.0 Å². The molecular weight excluding hydrogens is 370 g/mol. The van der Waals surface area contributed by atoms with Crippen molar-refractivity contribution >= 4 is 39.6 Å². The molecule has 1 aliphatic carbocycles. The highest BCUT2D eigenvalue weighted by molar-refractivity contribution is 7.14. The van der Waals surface area contributed by atoms with Crippen LogP contribution in [0.1, 0.15) is 34.7 Å². The number of rotatable bonds is 7. The molecule has 0 bridgehead atoms. The molecular formula is C18H17N3O3S2. The Kier molecular flexibility index (Phi) is 4.85. The zero-order chi connectivity index (χ0) is 17.9. The van der Waals surface area contributed by atoms with E-state index in [1.165, 1.54) is 23.2 Å². The Hall–Kier alpha value is -2.45. The van der Waals surface area contributed by atoms with Crippen molar-refractivity contribution in [1.82, 2.24) is 9.88 Å². The Labute approximate surface area is 158 Å². The summed E-state index contributed by atoms with van der Waals surface area (Å²) < 4.78 is 5.06. The summed E-state index contributed by atoms with van der Waals surface area (Å²) >= 11 is 2.95. The molecule has 0 atom stereocenters. The first-order valence-electron chi connectivity index (χ1n) is 8.29. The minimum atomic E-state index is -0.348. The third-order valence-electron chi connectivity index (χ3n) is 4.09. The lowest BCUT2D eigenvalue weighted by Gasteiger charge is -2.21. The number of thiophene rings is 1. The summed E-state index contributed by atoms with van der Waals surface area (Å²) in [4.78, 5) is 31.0. The van der Waals surface area contributed by atoms with Crippen LogP contribution in [0.3, 0.4) is 0 Å². The van der Waals surface area contributed by atoms with Gasteiger partial charge in [-0.05, 0) is 47.4 Å². The molecule has 26 heavy (non-hydrogen) atoms. The van der Waals surface area contributed by atoms with Crippen LogP contribution >= 0.6 is 22.7 Å². The second-order valence-electron chi connectivity index (χ2n) is 6.14. The van der Waals surface area contributed by atoms with Gasteiger partial charge in [-0.1, -0.05) is 0 Å². The van der Waals surface area contributed by atoms with Gasteiger partial charge in [0.25, 0.3) is 5.91 Å². The number of nitrogens with one attached hydrogen (secondary N) is 1. The SMILES string of the molecule is O=C(Nc1nc(CC(=O)N(Cc2ccsc2)C2CC2)cs1)c1ccco1. The second-order valence-corrected chi connectivity index (χ2v) is 7.77. The van der Waals surface area contributed by atoms with Crippen molar-refractivity contribution in [2.24, 2.45) is 0 Å². The Balaban J connectivity index is 1.38. The van der Waals surface area contributed by atoms with Gasteiger partial charge in [0.2, 0.25) is 5.91 Å². The monoisotopic (exact) mass is 387 g/mol. The molecule has 1 N–H and O–H groups in total. The van der Waals surface area contributed by atoms with Crippen molar-refractivity contribution in [3.63, 3.8) is 0 Å². The van der Waals surface area contributed by atoms with E-state index < -0.39 is 0 Å². The summed E-state index contributed by atoms with van der Waals surface area (Å²) in [6.45, 7) is 0.652. The van der Waals surface area contributed by atoms with Gasteiger partial charge < -0.3 is 9.32 Å². The number of carbonyl (C=O) groups excluding carboxylic acids is 2. The number of anilines is 1. The zero-order valence-corrected chi connectivity index (χ0v) is 15.5.